The highest BCUT2D eigenvalue weighted by molar-refractivity contribution is 6.11. The number of rotatable bonds is 4. The zero-order valence-corrected chi connectivity index (χ0v) is 12.4. The lowest BCUT2D eigenvalue weighted by Gasteiger charge is -2.16. The monoisotopic (exact) mass is 287 g/mol. The first kappa shape index (κ1) is 14.0. The van der Waals surface area contributed by atoms with E-state index in [2.05, 4.69) is 4.98 Å². The van der Waals surface area contributed by atoms with Gasteiger partial charge in [-0.25, -0.2) is 0 Å². The Morgan fingerprint density at radius 1 is 0.818 bits per heavy atom. The maximum absolute atomic E-state index is 4.77. The van der Waals surface area contributed by atoms with E-state index in [1.165, 1.54) is 0 Å². The van der Waals surface area contributed by atoms with Crippen LogP contribution in [0.3, 0.4) is 0 Å². The second-order valence-corrected chi connectivity index (χ2v) is 4.89. The van der Waals surface area contributed by atoms with Gasteiger partial charge in [0.25, 0.3) is 0 Å². The fraction of sp³-hybridized carbons (Fsp3) is 0.0526. The zero-order chi connectivity index (χ0) is 15.2. The summed E-state index contributed by atoms with van der Waals surface area (Å²) in [7, 11) is 1.95. The van der Waals surface area contributed by atoms with Gasteiger partial charge in [-0.1, -0.05) is 54.6 Å². The molecule has 0 amide bonds. The number of pyridine rings is 1. The summed E-state index contributed by atoms with van der Waals surface area (Å²) in [6, 6.07) is 26.0. The molecule has 1 heterocycles. The number of hydrazone groups is 1. The van der Waals surface area contributed by atoms with Gasteiger partial charge in [0.2, 0.25) is 0 Å². The Bertz CT molecular complexity index is 696. The third-order valence-electron chi connectivity index (χ3n) is 3.33. The Morgan fingerprint density at radius 3 is 2.09 bits per heavy atom. The fourth-order valence-electron chi connectivity index (χ4n) is 2.21. The number of hydrogen-bond acceptors (Lipinski definition) is 3. The molecule has 2 aromatic carbocycles. The van der Waals surface area contributed by atoms with Crippen LogP contribution in [0.1, 0.15) is 11.3 Å². The molecule has 0 saturated heterocycles. The Kier molecular flexibility index (Phi) is 4.25. The van der Waals surface area contributed by atoms with E-state index >= 15 is 0 Å². The van der Waals surface area contributed by atoms with Crippen molar-refractivity contribution in [2.75, 3.05) is 12.1 Å². The van der Waals surface area contributed by atoms with Crippen molar-refractivity contribution in [2.24, 2.45) is 5.10 Å². The van der Waals surface area contributed by atoms with Gasteiger partial charge in [-0.15, -0.1) is 0 Å². The van der Waals surface area contributed by atoms with E-state index in [0.29, 0.717) is 0 Å². The molecule has 0 atom stereocenters. The predicted molar refractivity (Wildman–Crippen MR) is 91.2 cm³/mol. The van der Waals surface area contributed by atoms with Crippen LogP contribution in [-0.2, 0) is 0 Å². The zero-order valence-electron chi connectivity index (χ0n) is 12.4. The molecule has 3 heteroatoms. The number of aromatic nitrogens is 1. The van der Waals surface area contributed by atoms with E-state index in [1.54, 1.807) is 6.20 Å². The van der Waals surface area contributed by atoms with Crippen molar-refractivity contribution in [3.8, 4) is 0 Å². The third-order valence-corrected chi connectivity index (χ3v) is 3.33. The van der Waals surface area contributed by atoms with Crippen LogP contribution in [0.4, 0.5) is 5.69 Å². The van der Waals surface area contributed by atoms with Gasteiger partial charge in [0, 0.05) is 18.8 Å². The van der Waals surface area contributed by atoms with Gasteiger partial charge < -0.3 is 0 Å². The summed E-state index contributed by atoms with van der Waals surface area (Å²) in [5.41, 5.74) is 3.79. The van der Waals surface area contributed by atoms with E-state index in [1.807, 2.05) is 90.9 Å². The summed E-state index contributed by atoms with van der Waals surface area (Å²) in [5.74, 6) is 0. The van der Waals surface area contributed by atoms with Gasteiger partial charge in [-0.05, 0) is 24.3 Å². The summed E-state index contributed by atoms with van der Waals surface area (Å²) in [6.07, 6.45) is 1.79. The number of hydrogen-bond donors (Lipinski definition) is 0. The summed E-state index contributed by atoms with van der Waals surface area (Å²) >= 11 is 0. The van der Waals surface area contributed by atoms with Crippen molar-refractivity contribution in [3.63, 3.8) is 0 Å². The van der Waals surface area contributed by atoms with Gasteiger partial charge in [0.15, 0.2) is 0 Å². The van der Waals surface area contributed by atoms with Gasteiger partial charge in [-0.2, -0.15) is 5.10 Å². The average Bonchev–Trinajstić information content (AvgIpc) is 2.62. The van der Waals surface area contributed by atoms with Crippen molar-refractivity contribution in [2.45, 2.75) is 0 Å². The van der Waals surface area contributed by atoms with Gasteiger partial charge >= 0.3 is 0 Å². The molecule has 3 rings (SSSR count). The van der Waals surface area contributed by atoms with Crippen molar-refractivity contribution in [3.05, 3.63) is 96.3 Å². The van der Waals surface area contributed by atoms with Crippen LogP contribution in [0.25, 0.3) is 0 Å². The molecule has 0 aliphatic heterocycles. The molecule has 3 aromatic rings. The second-order valence-electron chi connectivity index (χ2n) is 4.89. The van der Waals surface area contributed by atoms with Gasteiger partial charge in [-0.3, -0.25) is 9.99 Å². The van der Waals surface area contributed by atoms with Crippen LogP contribution >= 0.6 is 0 Å². The quantitative estimate of drug-likeness (QED) is 0.536. The summed E-state index contributed by atoms with van der Waals surface area (Å²) in [5, 5.41) is 6.65. The lowest BCUT2D eigenvalue weighted by molar-refractivity contribution is 1.01. The SMILES string of the molecule is CN(/N=C(\c1ccccc1)c1ccccn1)c1ccccc1. The van der Waals surface area contributed by atoms with Crippen molar-refractivity contribution >= 4 is 11.4 Å². The molecule has 0 N–H and O–H groups in total. The van der Waals surface area contributed by atoms with Crippen molar-refractivity contribution < 1.29 is 0 Å². The number of benzene rings is 2. The maximum atomic E-state index is 4.77. The summed E-state index contributed by atoms with van der Waals surface area (Å²) < 4.78 is 0. The summed E-state index contributed by atoms with van der Waals surface area (Å²) in [6.45, 7) is 0. The van der Waals surface area contributed by atoms with Crippen LogP contribution in [-0.4, -0.2) is 17.7 Å². The van der Waals surface area contributed by atoms with Crippen molar-refractivity contribution in [1.29, 1.82) is 0 Å². The second kappa shape index (κ2) is 6.68. The van der Waals surface area contributed by atoms with Crippen LogP contribution in [0.15, 0.2) is 90.2 Å². The standard InChI is InChI=1S/C19H17N3/c1-22(17-12-6-3-7-13-17)21-19(16-10-4-2-5-11-16)18-14-8-9-15-20-18/h2-15H,1H3/b21-19+. The normalized spacial score (nSPS) is 11.2. The van der Waals surface area contributed by atoms with Crippen LogP contribution < -0.4 is 5.01 Å². The van der Waals surface area contributed by atoms with Crippen LogP contribution in [0, 0.1) is 0 Å². The highest BCUT2D eigenvalue weighted by Gasteiger charge is 2.09. The Labute approximate surface area is 130 Å². The molecule has 0 spiro atoms. The van der Waals surface area contributed by atoms with E-state index in [9.17, 15) is 0 Å². The molecule has 3 nitrogen and oxygen atoms in total. The molecule has 0 bridgehead atoms. The van der Waals surface area contributed by atoms with E-state index in [-0.39, 0.29) is 0 Å². The molecule has 22 heavy (non-hydrogen) atoms. The lowest BCUT2D eigenvalue weighted by Crippen LogP contribution is -2.15. The van der Waals surface area contributed by atoms with Gasteiger partial charge in [0.05, 0.1) is 11.4 Å². The van der Waals surface area contributed by atoms with Crippen LogP contribution in [0.5, 0.6) is 0 Å². The largest absolute Gasteiger partial charge is 0.268 e. The fourth-order valence-corrected chi connectivity index (χ4v) is 2.21. The Morgan fingerprint density at radius 2 is 1.45 bits per heavy atom. The third kappa shape index (κ3) is 3.20. The molecular weight excluding hydrogens is 270 g/mol. The molecule has 1 aromatic heterocycles. The average molecular weight is 287 g/mol. The molecular formula is C19H17N3. The molecule has 0 aliphatic rings. The summed E-state index contributed by atoms with van der Waals surface area (Å²) in [4.78, 5) is 4.44. The molecule has 0 radical (unpaired) electrons. The first-order chi connectivity index (χ1) is 10.8. The highest BCUT2D eigenvalue weighted by Crippen LogP contribution is 2.15. The molecule has 0 saturated carbocycles. The minimum absolute atomic E-state index is 0.854. The van der Waals surface area contributed by atoms with Crippen LogP contribution in [0.2, 0.25) is 0 Å². The van der Waals surface area contributed by atoms with E-state index in [0.717, 1.165) is 22.7 Å². The van der Waals surface area contributed by atoms with E-state index < -0.39 is 0 Å². The number of para-hydroxylation sites is 1. The lowest BCUT2D eigenvalue weighted by atomic mass is 10.1. The molecule has 0 fully saturated rings. The maximum Gasteiger partial charge on any atom is 0.116 e. The van der Waals surface area contributed by atoms with E-state index in [4.69, 9.17) is 5.10 Å². The number of nitrogens with zero attached hydrogens (tertiary/aromatic N) is 3. The van der Waals surface area contributed by atoms with Crippen molar-refractivity contribution in [1.82, 2.24) is 4.98 Å². The first-order valence-electron chi connectivity index (χ1n) is 7.19. The molecule has 0 unspecified atom stereocenters. The molecule has 108 valence electrons. The predicted octanol–water partition coefficient (Wildman–Crippen LogP) is 3.97. The first-order valence-corrected chi connectivity index (χ1v) is 7.19. The highest BCUT2D eigenvalue weighted by atomic mass is 15.4. The topological polar surface area (TPSA) is 28.5 Å². The Hall–Kier alpha value is -2.94. The minimum Gasteiger partial charge on any atom is -0.268 e. The van der Waals surface area contributed by atoms with Gasteiger partial charge in [0.1, 0.15) is 5.71 Å². The minimum atomic E-state index is 0.854. The molecule has 0 aliphatic carbocycles. The number of anilines is 1. The smallest absolute Gasteiger partial charge is 0.116 e. The Balaban J connectivity index is 2.04.